The molecule has 3 rings (SSSR count). The van der Waals surface area contributed by atoms with Crippen LogP contribution in [0.15, 0.2) is 0 Å². The Bertz CT molecular complexity index is 638. The number of aromatic nitrogens is 3. The van der Waals surface area contributed by atoms with Crippen molar-refractivity contribution in [2.45, 2.75) is 57.4 Å². The van der Waals surface area contributed by atoms with Gasteiger partial charge in [-0.1, -0.05) is 0 Å². The molecule has 8 nitrogen and oxygen atoms in total. The lowest BCUT2D eigenvalue weighted by atomic mass is 9.96. The lowest BCUT2D eigenvalue weighted by Crippen LogP contribution is -2.39. The second-order valence-corrected chi connectivity index (χ2v) is 7.52. The lowest BCUT2D eigenvalue weighted by molar-refractivity contribution is -0.132. The molecule has 0 spiro atoms. The molecule has 1 atom stereocenters. The molecule has 2 aliphatic rings. The first-order valence-electron chi connectivity index (χ1n) is 9.71. The third-order valence-corrected chi connectivity index (χ3v) is 5.52. The molecule has 8 heteroatoms. The fourth-order valence-corrected chi connectivity index (χ4v) is 4.00. The normalized spacial score (nSPS) is 21.3. The highest BCUT2D eigenvalue weighted by Crippen LogP contribution is 2.26. The van der Waals surface area contributed by atoms with Gasteiger partial charge in [-0.15, -0.1) is 10.2 Å². The first-order valence-corrected chi connectivity index (χ1v) is 9.71. The molecule has 3 heterocycles. The Balaban J connectivity index is 1.57. The van der Waals surface area contributed by atoms with Gasteiger partial charge < -0.3 is 15.2 Å². The number of primary amides is 1. The monoisotopic (exact) mass is 362 g/mol. The number of likely N-dealkylation sites (tertiary alicyclic amines) is 2. The Morgan fingerprint density at radius 1 is 1.12 bits per heavy atom. The van der Waals surface area contributed by atoms with Gasteiger partial charge in [-0.2, -0.15) is 0 Å². The van der Waals surface area contributed by atoms with Gasteiger partial charge in [-0.25, -0.2) is 0 Å². The largest absolute Gasteiger partial charge is 0.370 e. The van der Waals surface area contributed by atoms with E-state index in [0.29, 0.717) is 19.4 Å². The molecule has 2 aliphatic heterocycles. The molecule has 1 aromatic rings. The fraction of sp³-hybridized carbons (Fsp3) is 0.778. The van der Waals surface area contributed by atoms with Gasteiger partial charge in [0.15, 0.2) is 0 Å². The van der Waals surface area contributed by atoms with Crippen molar-refractivity contribution < 1.29 is 9.59 Å². The van der Waals surface area contributed by atoms with Gasteiger partial charge in [-0.05, 0) is 45.2 Å². The van der Waals surface area contributed by atoms with Gasteiger partial charge in [0, 0.05) is 38.9 Å². The van der Waals surface area contributed by atoms with E-state index < -0.39 is 0 Å². The zero-order valence-corrected chi connectivity index (χ0v) is 15.7. The summed E-state index contributed by atoms with van der Waals surface area (Å²) in [6.45, 7) is 4.60. The Morgan fingerprint density at radius 3 is 2.62 bits per heavy atom. The number of nitrogens with two attached hydrogens (primary N) is 1. The molecule has 0 saturated carbocycles. The van der Waals surface area contributed by atoms with E-state index in [1.807, 2.05) is 11.9 Å². The summed E-state index contributed by atoms with van der Waals surface area (Å²) < 4.78 is 2.12. The maximum Gasteiger partial charge on any atom is 0.222 e. The van der Waals surface area contributed by atoms with Crippen LogP contribution >= 0.6 is 0 Å². The summed E-state index contributed by atoms with van der Waals surface area (Å²) in [6, 6.07) is 0. The Labute approximate surface area is 154 Å². The number of carbonyl (C=O) groups is 2. The summed E-state index contributed by atoms with van der Waals surface area (Å²) in [5, 5.41) is 8.86. The minimum Gasteiger partial charge on any atom is -0.370 e. The van der Waals surface area contributed by atoms with Crippen molar-refractivity contribution in [3.8, 4) is 0 Å². The van der Waals surface area contributed by atoms with Crippen molar-refractivity contribution in [2.75, 3.05) is 26.2 Å². The van der Waals surface area contributed by atoms with Crippen molar-refractivity contribution in [1.82, 2.24) is 24.6 Å². The fourth-order valence-electron chi connectivity index (χ4n) is 4.00. The molecule has 2 N–H and O–H groups in total. The summed E-state index contributed by atoms with van der Waals surface area (Å²) in [4.78, 5) is 27.6. The van der Waals surface area contributed by atoms with Crippen molar-refractivity contribution in [2.24, 2.45) is 12.8 Å². The van der Waals surface area contributed by atoms with E-state index in [1.165, 1.54) is 12.8 Å². The van der Waals surface area contributed by atoms with Crippen LogP contribution in [0.2, 0.25) is 0 Å². The standard InChI is InChI=1S/C18H30N6O2/c1-22-16(13-23-9-2-3-10-23)20-21-18(22)14-6-5-11-24(12-14)17(26)8-4-7-15(19)25/h14H,2-13H2,1H3,(H2,19,25)/t14-/m0/s1. The Morgan fingerprint density at radius 2 is 1.88 bits per heavy atom. The van der Waals surface area contributed by atoms with Crippen LogP contribution in [0.5, 0.6) is 0 Å². The first-order chi connectivity index (χ1) is 12.5. The Kier molecular flexibility index (Phi) is 6.24. The van der Waals surface area contributed by atoms with Crippen molar-refractivity contribution in [3.63, 3.8) is 0 Å². The van der Waals surface area contributed by atoms with Crippen LogP contribution in [0.3, 0.4) is 0 Å². The summed E-state index contributed by atoms with van der Waals surface area (Å²) in [6.07, 6.45) is 5.71. The molecule has 1 aromatic heterocycles. The minimum atomic E-state index is -0.348. The molecule has 2 fully saturated rings. The molecule has 0 aliphatic carbocycles. The molecule has 0 aromatic carbocycles. The predicted octanol–water partition coefficient (Wildman–Crippen LogP) is 0.773. The smallest absolute Gasteiger partial charge is 0.222 e. The van der Waals surface area contributed by atoms with E-state index in [-0.39, 0.29) is 24.2 Å². The van der Waals surface area contributed by atoms with Crippen LogP contribution in [-0.2, 0) is 23.2 Å². The third-order valence-electron chi connectivity index (χ3n) is 5.52. The Hall–Kier alpha value is -1.96. The van der Waals surface area contributed by atoms with Crippen LogP contribution in [-0.4, -0.2) is 62.6 Å². The highest BCUT2D eigenvalue weighted by Gasteiger charge is 2.28. The highest BCUT2D eigenvalue weighted by atomic mass is 16.2. The van der Waals surface area contributed by atoms with Gasteiger partial charge >= 0.3 is 0 Å². The molecular weight excluding hydrogens is 332 g/mol. The van der Waals surface area contributed by atoms with Crippen LogP contribution in [0, 0.1) is 0 Å². The van der Waals surface area contributed by atoms with Crippen molar-refractivity contribution in [3.05, 3.63) is 11.6 Å². The first kappa shape index (κ1) is 18.8. The summed E-state index contributed by atoms with van der Waals surface area (Å²) in [7, 11) is 2.04. The summed E-state index contributed by atoms with van der Waals surface area (Å²) in [5.74, 6) is 1.98. The average Bonchev–Trinajstić information content (AvgIpc) is 3.26. The number of nitrogens with zero attached hydrogens (tertiary/aromatic N) is 5. The molecule has 144 valence electrons. The third kappa shape index (κ3) is 4.60. The van der Waals surface area contributed by atoms with Crippen LogP contribution in [0.25, 0.3) is 0 Å². The van der Waals surface area contributed by atoms with E-state index in [0.717, 1.165) is 50.7 Å². The summed E-state index contributed by atoms with van der Waals surface area (Å²) in [5.41, 5.74) is 5.15. The molecule has 2 amide bonds. The number of amides is 2. The summed E-state index contributed by atoms with van der Waals surface area (Å²) >= 11 is 0. The molecular formula is C18H30N6O2. The minimum absolute atomic E-state index is 0.107. The lowest BCUT2D eigenvalue weighted by Gasteiger charge is -2.32. The zero-order valence-electron chi connectivity index (χ0n) is 15.7. The van der Waals surface area contributed by atoms with E-state index in [9.17, 15) is 9.59 Å². The molecule has 2 saturated heterocycles. The predicted molar refractivity (Wildman–Crippen MR) is 97.1 cm³/mol. The molecule has 0 unspecified atom stereocenters. The van der Waals surface area contributed by atoms with Crippen molar-refractivity contribution in [1.29, 1.82) is 0 Å². The van der Waals surface area contributed by atoms with E-state index in [1.54, 1.807) is 0 Å². The second-order valence-electron chi connectivity index (χ2n) is 7.52. The van der Waals surface area contributed by atoms with Gasteiger partial charge in [0.1, 0.15) is 11.6 Å². The topological polar surface area (TPSA) is 97.3 Å². The van der Waals surface area contributed by atoms with Crippen LogP contribution < -0.4 is 5.73 Å². The van der Waals surface area contributed by atoms with Gasteiger partial charge in [0.25, 0.3) is 0 Å². The maximum atomic E-state index is 12.4. The van der Waals surface area contributed by atoms with E-state index in [2.05, 4.69) is 19.7 Å². The zero-order chi connectivity index (χ0) is 18.5. The number of rotatable bonds is 7. The molecule has 0 bridgehead atoms. The molecule has 26 heavy (non-hydrogen) atoms. The van der Waals surface area contributed by atoms with Gasteiger partial charge in [-0.3, -0.25) is 14.5 Å². The molecule has 0 radical (unpaired) electrons. The van der Waals surface area contributed by atoms with E-state index in [4.69, 9.17) is 5.73 Å². The number of carbonyl (C=O) groups excluding carboxylic acids is 2. The number of hydrogen-bond acceptors (Lipinski definition) is 5. The number of piperidine rings is 1. The number of hydrogen-bond donors (Lipinski definition) is 1. The van der Waals surface area contributed by atoms with Gasteiger partial charge in [0.2, 0.25) is 11.8 Å². The SMILES string of the molecule is Cn1c(CN2CCCC2)nnc1[C@H]1CCCN(C(=O)CCCC(N)=O)C1. The second kappa shape index (κ2) is 8.62. The van der Waals surface area contributed by atoms with Crippen LogP contribution in [0.1, 0.15) is 62.5 Å². The van der Waals surface area contributed by atoms with Crippen molar-refractivity contribution >= 4 is 11.8 Å². The van der Waals surface area contributed by atoms with E-state index >= 15 is 0 Å². The maximum absolute atomic E-state index is 12.4. The highest BCUT2D eigenvalue weighted by molar-refractivity contribution is 5.78. The quantitative estimate of drug-likeness (QED) is 0.773. The van der Waals surface area contributed by atoms with Gasteiger partial charge in [0.05, 0.1) is 6.54 Å². The average molecular weight is 362 g/mol. The van der Waals surface area contributed by atoms with Crippen LogP contribution in [0.4, 0.5) is 0 Å².